The molecule has 4 saturated carbocycles. The number of nitrogens with zero attached hydrogens (tertiary/aromatic N) is 1. The average Bonchev–Trinajstić information content (AvgIpc) is 3.42. The van der Waals surface area contributed by atoms with Crippen LogP contribution in [0.5, 0.6) is 0 Å². The smallest absolute Gasteiger partial charge is 0.331 e. The second-order valence-corrected chi connectivity index (χ2v) is 21.3. The van der Waals surface area contributed by atoms with E-state index in [9.17, 15) is 18.3 Å². The first kappa shape index (κ1) is 35.7. The van der Waals surface area contributed by atoms with Crippen molar-refractivity contribution in [2.75, 3.05) is 37.7 Å². The highest BCUT2D eigenvalue weighted by Crippen LogP contribution is 2.76. The molecule has 5 fully saturated rings. The van der Waals surface area contributed by atoms with E-state index < -0.39 is 15.8 Å². The third kappa shape index (κ3) is 5.52. The molecule has 49 heavy (non-hydrogen) atoms. The van der Waals surface area contributed by atoms with Crippen LogP contribution in [0.2, 0.25) is 0 Å². The Bertz CT molecular complexity index is 1580. The molecule has 6 nitrogen and oxygen atoms in total. The maximum atomic E-state index is 12.0. The van der Waals surface area contributed by atoms with Gasteiger partial charge in [0.1, 0.15) is 0 Å². The molecule has 7 aliphatic rings. The van der Waals surface area contributed by atoms with Crippen molar-refractivity contribution < 1.29 is 18.3 Å². The highest BCUT2D eigenvalue weighted by Gasteiger charge is 2.70. The molecule has 1 heterocycles. The average molecular weight is 693 g/mol. The second kappa shape index (κ2) is 12.2. The fraction of sp³-hybridized carbons (Fsp3) is 0.786. The number of allylic oxidation sites excluding steroid dienone is 6. The van der Waals surface area contributed by atoms with Crippen molar-refractivity contribution in [3.8, 4) is 0 Å². The number of hydrogen-bond donors (Lipinski definition) is 2. The minimum absolute atomic E-state index is 0.0627. The summed E-state index contributed by atoms with van der Waals surface area (Å²) >= 11 is 0. The zero-order chi connectivity index (χ0) is 35.2. The van der Waals surface area contributed by atoms with Crippen molar-refractivity contribution in [1.82, 2.24) is 10.2 Å². The summed E-state index contributed by atoms with van der Waals surface area (Å²) < 4.78 is 24.0. The molecule has 0 aromatic rings. The van der Waals surface area contributed by atoms with E-state index in [0.29, 0.717) is 71.6 Å². The minimum atomic E-state index is -2.86. The Labute approximate surface area is 297 Å². The van der Waals surface area contributed by atoms with Gasteiger partial charge in [0.15, 0.2) is 9.84 Å². The Morgan fingerprint density at radius 3 is 2.33 bits per heavy atom. The number of sulfone groups is 1. The van der Waals surface area contributed by atoms with Gasteiger partial charge in [-0.3, -0.25) is 0 Å². The number of nitrogens with one attached hydrogen (secondary N) is 1. The van der Waals surface area contributed by atoms with Gasteiger partial charge in [-0.25, -0.2) is 13.2 Å². The van der Waals surface area contributed by atoms with Gasteiger partial charge in [0, 0.05) is 37.3 Å². The Kier molecular flexibility index (Phi) is 8.88. The third-order valence-electron chi connectivity index (χ3n) is 16.8. The lowest BCUT2D eigenvalue weighted by atomic mass is 9.33. The monoisotopic (exact) mass is 692 g/mol. The Morgan fingerprint density at radius 1 is 0.939 bits per heavy atom. The normalized spacial score (nSPS) is 44.3. The van der Waals surface area contributed by atoms with Gasteiger partial charge in [0.25, 0.3) is 0 Å². The van der Waals surface area contributed by atoms with E-state index in [4.69, 9.17) is 0 Å². The van der Waals surface area contributed by atoms with Gasteiger partial charge >= 0.3 is 5.97 Å². The van der Waals surface area contributed by atoms with Crippen molar-refractivity contribution in [3.05, 3.63) is 47.1 Å². The maximum absolute atomic E-state index is 12.0. The quantitative estimate of drug-likeness (QED) is 0.263. The highest BCUT2D eigenvalue weighted by molar-refractivity contribution is 7.91. The highest BCUT2D eigenvalue weighted by atomic mass is 32.2. The number of carbonyl (C=O) groups is 1. The maximum Gasteiger partial charge on any atom is 0.331 e. The summed E-state index contributed by atoms with van der Waals surface area (Å²) in [5.74, 6) is 3.00. The van der Waals surface area contributed by atoms with Crippen LogP contribution in [0.4, 0.5) is 0 Å². The van der Waals surface area contributed by atoms with E-state index in [-0.39, 0.29) is 21.8 Å². The molecule has 2 N–H and O–H groups in total. The largest absolute Gasteiger partial charge is 0.478 e. The van der Waals surface area contributed by atoms with Crippen LogP contribution < -0.4 is 5.32 Å². The first-order valence-corrected chi connectivity index (χ1v) is 21.5. The summed E-state index contributed by atoms with van der Waals surface area (Å²) in [5.41, 5.74) is 5.80. The molecule has 1 saturated heterocycles. The fourth-order valence-electron chi connectivity index (χ4n) is 14.1. The summed E-state index contributed by atoms with van der Waals surface area (Å²) in [6.07, 6.45) is 19.3. The fourth-order valence-corrected chi connectivity index (χ4v) is 15.4. The van der Waals surface area contributed by atoms with Crippen LogP contribution in [-0.4, -0.2) is 67.6 Å². The van der Waals surface area contributed by atoms with E-state index in [0.717, 1.165) is 25.9 Å². The molecule has 7 heteroatoms. The van der Waals surface area contributed by atoms with Gasteiger partial charge in [0.05, 0.1) is 11.5 Å². The SMILES string of the molecule is C=C(C)[C@@H]1CC[C@]2(NCCN3CCS(=O)(=O)CC3)CC[C@]3(C)C(CC[C@@H]4[C@@]5(C)CC=C(C6=CC=C(C(=O)O)CC6)C(C)(C)[C@@H]5CC[C@]43C)[C@@H]12. The van der Waals surface area contributed by atoms with Crippen LogP contribution >= 0.6 is 0 Å². The summed E-state index contributed by atoms with van der Waals surface area (Å²) in [4.78, 5) is 14.0. The number of rotatable bonds is 7. The van der Waals surface area contributed by atoms with Gasteiger partial charge in [-0.05, 0) is 140 Å². The summed E-state index contributed by atoms with van der Waals surface area (Å²) in [6, 6.07) is 0. The molecule has 0 amide bonds. The van der Waals surface area contributed by atoms with Gasteiger partial charge in [-0.15, -0.1) is 0 Å². The summed E-state index contributed by atoms with van der Waals surface area (Å²) in [7, 11) is -2.86. The second-order valence-electron chi connectivity index (χ2n) is 19.0. The standard InChI is InChI=1S/C42H64N2O4S/c1-28(2)31-14-19-42(43-22-23-44-24-26-49(47,48)27-25-44)21-20-40(6)33(36(31)42)12-13-35-39(5)17-15-32(29-8-10-30(11-9-29)37(45)46)38(3,4)34(39)16-18-41(35,40)7/h8,10,15,31,33-36,43H,1,9,11-14,16-27H2,2-7H3,(H,45,46)/t31-,33?,34-,35+,36+,39-,40+,41+,42-/m0/s1. The van der Waals surface area contributed by atoms with Crippen LogP contribution in [0.1, 0.15) is 112 Å². The molecule has 6 aliphatic carbocycles. The Hall–Kier alpha value is -1.70. The van der Waals surface area contributed by atoms with Gasteiger partial charge < -0.3 is 15.3 Å². The van der Waals surface area contributed by atoms with E-state index >= 15 is 0 Å². The van der Waals surface area contributed by atoms with Gasteiger partial charge in [-0.1, -0.05) is 65.0 Å². The molecule has 9 atom stereocenters. The Morgan fingerprint density at radius 2 is 1.67 bits per heavy atom. The van der Waals surface area contributed by atoms with E-state index in [1.165, 1.54) is 68.1 Å². The van der Waals surface area contributed by atoms with Crippen LogP contribution in [0.3, 0.4) is 0 Å². The van der Waals surface area contributed by atoms with Crippen LogP contribution in [0.25, 0.3) is 0 Å². The van der Waals surface area contributed by atoms with E-state index in [2.05, 4.69) is 70.5 Å². The molecule has 0 aromatic heterocycles. The molecule has 1 aliphatic heterocycles. The topological polar surface area (TPSA) is 86.7 Å². The number of carboxylic acids is 1. The van der Waals surface area contributed by atoms with Crippen LogP contribution in [0.15, 0.2) is 47.1 Å². The molecular weight excluding hydrogens is 629 g/mol. The van der Waals surface area contributed by atoms with Crippen molar-refractivity contribution in [3.63, 3.8) is 0 Å². The lowest BCUT2D eigenvalue weighted by molar-refractivity contribution is -0.221. The molecule has 0 bridgehead atoms. The zero-order valence-corrected chi connectivity index (χ0v) is 32.2. The zero-order valence-electron chi connectivity index (χ0n) is 31.4. The van der Waals surface area contributed by atoms with Crippen molar-refractivity contribution in [2.45, 2.75) is 118 Å². The molecule has 0 radical (unpaired) electrons. The lowest BCUT2D eigenvalue weighted by Crippen LogP contribution is -2.68. The lowest BCUT2D eigenvalue weighted by Gasteiger charge is -2.72. The first-order chi connectivity index (χ1) is 23.0. The number of aliphatic carboxylic acids is 1. The molecule has 0 spiro atoms. The molecule has 272 valence electrons. The Balaban J connectivity index is 1.14. The van der Waals surface area contributed by atoms with E-state index in [1.54, 1.807) is 0 Å². The van der Waals surface area contributed by atoms with Crippen LogP contribution in [-0.2, 0) is 14.6 Å². The number of carboxylic acid groups (broad SMARTS) is 1. The predicted molar refractivity (Wildman–Crippen MR) is 199 cm³/mol. The number of hydrogen-bond acceptors (Lipinski definition) is 5. The van der Waals surface area contributed by atoms with E-state index in [1.807, 2.05) is 6.08 Å². The van der Waals surface area contributed by atoms with Crippen molar-refractivity contribution in [1.29, 1.82) is 0 Å². The summed E-state index contributed by atoms with van der Waals surface area (Å²) in [5, 5.41) is 13.7. The van der Waals surface area contributed by atoms with Crippen molar-refractivity contribution >= 4 is 15.8 Å². The van der Waals surface area contributed by atoms with Crippen molar-refractivity contribution in [2.24, 2.45) is 51.2 Å². The third-order valence-corrected chi connectivity index (χ3v) is 18.4. The minimum Gasteiger partial charge on any atom is -0.478 e. The van der Waals surface area contributed by atoms with Crippen LogP contribution in [0, 0.1) is 51.2 Å². The molecule has 0 aromatic carbocycles. The molecular formula is C42H64N2O4S. The summed E-state index contributed by atoms with van der Waals surface area (Å²) in [6.45, 7) is 23.2. The first-order valence-electron chi connectivity index (χ1n) is 19.6. The number of fused-ring (bicyclic) bond motifs is 7. The molecule has 7 rings (SSSR count). The van der Waals surface area contributed by atoms with Gasteiger partial charge in [-0.2, -0.15) is 0 Å². The predicted octanol–water partition coefficient (Wildman–Crippen LogP) is 7.98. The van der Waals surface area contributed by atoms with Gasteiger partial charge in [0.2, 0.25) is 0 Å². The molecule has 1 unspecified atom stereocenters.